The number of nitrogens with zero attached hydrogens (tertiary/aromatic N) is 2. The van der Waals surface area contributed by atoms with Gasteiger partial charge in [0.2, 0.25) is 0 Å². The van der Waals surface area contributed by atoms with E-state index in [0.717, 1.165) is 5.56 Å². The average Bonchev–Trinajstić information content (AvgIpc) is 3.04. The molecule has 0 saturated heterocycles. The molecule has 0 unspecified atom stereocenters. The van der Waals surface area contributed by atoms with Crippen molar-refractivity contribution in [3.63, 3.8) is 0 Å². The predicted molar refractivity (Wildman–Crippen MR) is 116 cm³/mol. The fourth-order valence-electron chi connectivity index (χ4n) is 2.61. The van der Waals surface area contributed by atoms with Gasteiger partial charge in [0, 0.05) is 11.3 Å². The minimum Gasteiger partial charge on any atom is -0.497 e. The molecule has 9 heteroatoms. The second-order valence-corrected chi connectivity index (χ2v) is 7.12. The molecule has 0 atom stereocenters. The number of halogens is 3. The number of rotatable bonds is 7. The first kappa shape index (κ1) is 21.9. The topological polar surface area (TPSA) is 51.1 Å². The summed E-state index contributed by atoms with van der Waals surface area (Å²) in [4.78, 5) is 18.9. The van der Waals surface area contributed by atoms with Gasteiger partial charge in [0.25, 0.3) is 5.91 Å². The quantitative estimate of drug-likeness (QED) is 0.521. The number of amidine groups is 1. The number of thioether (sulfide) groups is 1. The lowest BCUT2D eigenvalue weighted by Crippen LogP contribution is -2.30. The van der Waals surface area contributed by atoms with E-state index in [2.05, 4.69) is 9.73 Å². The summed E-state index contributed by atoms with van der Waals surface area (Å²) in [6.45, 7) is -2.92. The van der Waals surface area contributed by atoms with Crippen LogP contribution in [0.5, 0.6) is 11.5 Å². The smallest absolute Gasteiger partial charge is 0.387 e. The van der Waals surface area contributed by atoms with Crippen molar-refractivity contribution in [3.8, 4) is 11.5 Å². The van der Waals surface area contributed by atoms with E-state index in [9.17, 15) is 13.6 Å². The Kier molecular flexibility index (Phi) is 7.48. The van der Waals surface area contributed by atoms with Crippen LogP contribution in [0, 0.1) is 0 Å². The molecular weight excluding hydrogens is 434 g/mol. The van der Waals surface area contributed by atoms with E-state index in [0.29, 0.717) is 22.4 Å². The molecule has 156 valence electrons. The molecular formula is C21H17ClF2N2O3S. The molecule has 2 aromatic carbocycles. The van der Waals surface area contributed by atoms with Gasteiger partial charge in [-0.1, -0.05) is 41.6 Å². The molecule has 0 spiro atoms. The monoisotopic (exact) mass is 450 g/mol. The molecule has 1 aliphatic heterocycles. The Labute approximate surface area is 181 Å². The summed E-state index contributed by atoms with van der Waals surface area (Å²) in [7, 11) is 1.58. The molecule has 0 aliphatic carbocycles. The molecule has 1 heterocycles. The maximum atomic E-state index is 13.0. The van der Waals surface area contributed by atoms with Crippen molar-refractivity contribution >= 4 is 46.2 Å². The number of carbonyl (C=O) groups is 1. The lowest BCUT2D eigenvalue weighted by atomic mass is 10.2. The normalized spacial score (nSPS) is 15.4. The Morgan fingerprint density at radius 1 is 1.13 bits per heavy atom. The van der Waals surface area contributed by atoms with Crippen molar-refractivity contribution in [2.24, 2.45) is 4.99 Å². The van der Waals surface area contributed by atoms with Crippen molar-refractivity contribution < 1.29 is 23.0 Å². The number of amides is 1. The van der Waals surface area contributed by atoms with Gasteiger partial charge in [0.1, 0.15) is 17.2 Å². The van der Waals surface area contributed by atoms with Crippen LogP contribution in [0.2, 0.25) is 0 Å². The summed E-state index contributed by atoms with van der Waals surface area (Å²) in [5.41, 5.74) is 2.92. The largest absolute Gasteiger partial charge is 0.497 e. The van der Waals surface area contributed by atoms with E-state index in [1.165, 1.54) is 46.5 Å². The highest BCUT2D eigenvalue weighted by Gasteiger charge is 2.31. The van der Waals surface area contributed by atoms with Crippen LogP contribution in [0.25, 0.3) is 6.08 Å². The van der Waals surface area contributed by atoms with Crippen molar-refractivity contribution in [2.75, 3.05) is 17.8 Å². The zero-order valence-corrected chi connectivity index (χ0v) is 17.4. The second-order valence-electron chi connectivity index (χ2n) is 5.88. The molecule has 0 saturated carbocycles. The van der Waals surface area contributed by atoms with Gasteiger partial charge in [0.15, 0.2) is 5.17 Å². The van der Waals surface area contributed by atoms with Gasteiger partial charge in [-0.25, -0.2) is 4.99 Å². The highest BCUT2D eigenvalue weighted by atomic mass is 35.5. The summed E-state index contributed by atoms with van der Waals surface area (Å²) in [6.07, 6.45) is 3.40. The molecule has 1 aliphatic rings. The minimum atomic E-state index is -2.92. The fourth-order valence-corrected chi connectivity index (χ4v) is 3.63. The second kappa shape index (κ2) is 10.3. The summed E-state index contributed by atoms with van der Waals surface area (Å²) in [6, 6.07) is 13.0. The van der Waals surface area contributed by atoms with Crippen LogP contribution in [0.15, 0.2) is 70.8 Å². The first-order valence-electron chi connectivity index (χ1n) is 8.73. The maximum Gasteiger partial charge on any atom is 0.387 e. The molecule has 0 radical (unpaired) electrons. The van der Waals surface area contributed by atoms with Crippen LogP contribution < -0.4 is 14.4 Å². The zero-order valence-electron chi connectivity index (χ0n) is 15.8. The number of hydrogen-bond donors (Lipinski definition) is 0. The number of anilines is 1. The number of benzene rings is 2. The van der Waals surface area contributed by atoms with Crippen LogP contribution in [-0.4, -0.2) is 30.5 Å². The van der Waals surface area contributed by atoms with E-state index in [1.54, 1.807) is 31.4 Å². The minimum absolute atomic E-state index is 0.00519. The summed E-state index contributed by atoms with van der Waals surface area (Å²) in [5, 5.41) is 0.456. The number of hydrogen-bond acceptors (Lipinski definition) is 5. The highest BCUT2D eigenvalue weighted by Crippen LogP contribution is 2.31. The SMILES string of the molecule is COc1ccc(/C=C2\N=C(SC/C=C/Cl)N(c3ccc(OC(F)F)cc3)C2=O)cc1. The van der Waals surface area contributed by atoms with Gasteiger partial charge in [-0.3, -0.25) is 9.69 Å². The summed E-state index contributed by atoms with van der Waals surface area (Å²) in [5.74, 6) is 0.890. The Hall–Kier alpha value is -2.84. The fraction of sp³-hybridized carbons (Fsp3) is 0.143. The lowest BCUT2D eigenvalue weighted by Gasteiger charge is -2.18. The third kappa shape index (κ3) is 5.40. The van der Waals surface area contributed by atoms with Gasteiger partial charge in [-0.15, -0.1) is 0 Å². The van der Waals surface area contributed by atoms with Crippen molar-refractivity contribution in [2.45, 2.75) is 6.61 Å². The van der Waals surface area contributed by atoms with Gasteiger partial charge in [-0.2, -0.15) is 8.78 Å². The molecule has 5 nitrogen and oxygen atoms in total. The van der Waals surface area contributed by atoms with Crippen molar-refractivity contribution in [1.82, 2.24) is 0 Å². The molecule has 2 aromatic rings. The first-order chi connectivity index (χ1) is 14.5. The van der Waals surface area contributed by atoms with Crippen molar-refractivity contribution in [3.05, 3.63) is 71.4 Å². The predicted octanol–water partition coefficient (Wildman–Crippen LogP) is 5.53. The molecule has 0 N–H and O–H groups in total. The Balaban J connectivity index is 1.89. The summed E-state index contributed by atoms with van der Waals surface area (Å²) >= 11 is 6.90. The molecule has 3 rings (SSSR count). The van der Waals surface area contributed by atoms with Gasteiger partial charge < -0.3 is 9.47 Å². The number of methoxy groups -OCH3 is 1. The first-order valence-corrected chi connectivity index (χ1v) is 10.2. The molecule has 30 heavy (non-hydrogen) atoms. The number of aliphatic imine (C=N–C) groups is 1. The van der Waals surface area contributed by atoms with E-state index >= 15 is 0 Å². The van der Waals surface area contributed by atoms with Gasteiger partial charge >= 0.3 is 6.61 Å². The van der Waals surface area contributed by atoms with Crippen LogP contribution in [-0.2, 0) is 4.79 Å². The van der Waals surface area contributed by atoms with E-state index in [4.69, 9.17) is 16.3 Å². The number of ether oxygens (including phenoxy) is 2. The number of alkyl halides is 2. The van der Waals surface area contributed by atoms with Crippen LogP contribution in [0.4, 0.5) is 14.5 Å². The Bertz CT molecular complexity index is 977. The molecule has 1 amide bonds. The molecule has 0 aromatic heterocycles. The van der Waals surface area contributed by atoms with Crippen LogP contribution in [0.1, 0.15) is 5.56 Å². The Morgan fingerprint density at radius 3 is 2.40 bits per heavy atom. The van der Waals surface area contributed by atoms with E-state index in [1.807, 2.05) is 12.1 Å². The zero-order chi connectivity index (χ0) is 21.5. The molecule has 0 bridgehead atoms. The third-order valence-corrected chi connectivity index (χ3v) is 5.04. The average molecular weight is 451 g/mol. The molecule has 0 fully saturated rings. The maximum absolute atomic E-state index is 13.0. The Morgan fingerprint density at radius 2 is 1.80 bits per heavy atom. The lowest BCUT2D eigenvalue weighted by molar-refractivity contribution is -0.113. The standard InChI is InChI=1S/C21H17ClF2N2O3S/c1-28-16-7-3-14(4-8-16)13-18-19(27)26(21(25-18)30-12-2-11-22)15-5-9-17(10-6-15)29-20(23)24/h2-11,13,20H,12H2,1H3/b11-2+,18-13-. The van der Waals surface area contributed by atoms with E-state index < -0.39 is 6.61 Å². The highest BCUT2D eigenvalue weighted by molar-refractivity contribution is 8.14. The van der Waals surface area contributed by atoms with Gasteiger partial charge in [-0.05, 0) is 48.0 Å². The summed E-state index contributed by atoms with van der Waals surface area (Å²) < 4.78 is 34.3. The third-order valence-electron chi connectivity index (χ3n) is 3.97. The van der Waals surface area contributed by atoms with Crippen LogP contribution in [0.3, 0.4) is 0 Å². The van der Waals surface area contributed by atoms with Crippen molar-refractivity contribution in [1.29, 1.82) is 0 Å². The van der Waals surface area contributed by atoms with E-state index in [-0.39, 0.29) is 17.4 Å². The number of carbonyl (C=O) groups excluding carboxylic acids is 1. The van der Waals surface area contributed by atoms with Gasteiger partial charge in [0.05, 0.1) is 12.8 Å². The van der Waals surface area contributed by atoms with Crippen LogP contribution >= 0.6 is 23.4 Å².